The molecule has 0 aliphatic heterocycles. The van der Waals surface area contributed by atoms with E-state index in [4.69, 9.17) is 9.98 Å². The van der Waals surface area contributed by atoms with E-state index in [1.807, 2.05) is 42.5 Å². The van der Waals surface area contributed by atoms with Crippen LogP contribution in [0.1, 0.15) is 12.5 Å². The van der Waals surface area contributed by atoms with Gasteiger partial charge in [0, 0.05) is 38.2 Å². The summed E-state index contributed by atoms with van der Waals surface area (Å²) in [6, 6.07) is 46.4. The van der Waals surface area contributed by atoms with E-state index in [-0.39, 0.29) is 0 Å². The highest BCUT2D eigenvalue weighted by Gasteiger charge is 2.20. The fourth-order valence-corrected chi connectivity index (χ4v) is 7.08. The molecule has 204 valence electrons. The van der Waals surface area contributed by atoms with E-state index in [0.717, 1.165) is 22.3 Å². The number of hydrogen-bond donors (Lipinski definition) is 0. The number of nitrogens with zero attached hydrogens (tertiary/aromatic N) is 4. The zero-order valence-electron chi connectivity index (χ0n) is 23.5. The molecule has 0 atom stereocenters. The second-order valence-electron chi connectivity index (χ2n) is 10.5. The Morgan fingerprint density at radius 1 is 0.628 bits per heavy atom. The van der Waals surface area contributed by atoms with Crippen LogP contribution in [0.4, 0.5) is 5.82 Å². The smallest absolute Gasteiger partial charge is 0.236 e. The Kier molecular flexibility index (Phi) is 6.16. The SMILES string of the molecule is CC(=NC(=Nc1ccccn1)n1c2ccccc2c2ccc3c4ccccc4sc3c21)c1ccc(-c2ccccc2)cc1. The van der Waals surface area contributed by atoms with Gasteiger partial charge >= 0.3 is 0 Å². The predicted molar refractivity (Wildman–Crippen MR) is 183 cm³/mol. The monoisotopic (exact) mass is 570 g/mol. The lowest BCUT2D eigenvalue weighted by Crippen LogP contribution is -2.12. The number of benzene rings is 5. The summed E-state index contributed by atoms with van der Waals surface area (Å²) < 4.78 is 4.71. The second kappa shape index (κ2) is 10.5. The van der Waals surface area contributed by atoms with Gasteiger partial charge in [-0.05, 0) is 47.9 Å². The average Bonchev–Trinajstić information content (AvgIpc) is 3.61. The molecule has 0 radical (unpaired) electrons. The summed E-state index contributed by atoms with van der Waals surface area (Å²) in [5.41, 5.74) is 6.47. The lowest BCUT2D eigenvalue weighted by Gasteiger charge is -2.10. The minimum absolute atomic E-state index is 0.583. The summed E-state index contributed by atoms with van der Waals surface area (Å²) in [5.74, 6) is 1.20. The number of aliphatic imine (C=N–C) groups is 2. The van der Waals surface area contributed by atoms with E-state index in [9.17, 15) is 0 Å². The molecule has 3 aromatic heterocycles. The normalized spacial score (nSPS) is 12.6. The van der Waals surface area contributed by atoms with Crippen molar-refractivity contribution in [1.82, 2.24) is 9.55 Å². The van der Waals surface area contributed by atoms with Gasteiger partial charge in [-0.2, -0.15) is 4.99 Å². The standard InChI is InChI=1S/C38H26N4S/c1-25(26-18-20-28(21-19-26)27-11-3-2-4-12-27)40-38(41-35-17-9-10-24-39-35)42-33-15-7-5-13-29(33)31-22-23-32-30-14-6-8-16-34(30)43-37(32)36(31)42/h2-24H,1H3. The largest absolute Gasteiger partial charge is 0.276 e. The molecule has 0 spiro atoms. The van der Waals surface area contributed by atoms with E-state index in [0.29, 0.717) is 11.8 Å². The van der Waals surface area contributed by atoms with E-state index in [1.54, 1.807) is 6.20 Å². The molecule has 0 bridgehead atoms. The molecule has 0 saturated heterocycles. The maximum absolute atomic E-state index is 5.24. The Bertz CT molecular complexity index is 2330. The fraction of sp³-hybridized carbons (Fsp3) is 0.0263. The van der Waals surface area contributed by atoms with E-state index >= 15 is 0 Å². The topological polar surface area (TPSA) is 42.5 Å². The van der Waals surface area contributed by atoms with Crippen molar-refractivity contribution in [2.45, 2.75) is 6.92 Å². The highest BCUT2D eigenvalue weighted by molar-refractivity contribution is 7.26. The van der Waals surface area contributed by atoms with Crippen LogP contribution in [0.25, 0.3) is 53.1 Å². The van der Waals surface area contributed by atoms with Gasteiger partial charge in [0.2, 0.25) is 5.96 Å². The Morgan fingerprint density at radius 2 is 1.33 bits per heavy atom. The van der Waals surface area contributed by atoms with Crippen molar-refractivity contribution in [3.63, 3.8) is 0 Å². The van der Waals surface area contributed by atoms with E-state index in [2.05, 4.69) is 119 Å². The predicted octanol–water partition coefficient (Wildman–Crippen LogP) is 10.3. The molecule has 5 heteroatoms. The molecule has 43 heavy (non-hydrogen) atoms. The van der Waals surface area contributed by atoms with Crippen LogP contribution in [-0.4, -0.2) is 21.2 Å². The van der Waals surface area contributed by atoms with Crippen molar-refractivity contribution < 1.29 is 0 Å². The first-order valence-electron chi connectivity index (χ1n) is 14.3. The van der Waals surface area contributed by atoms with Gasteiger partial charge in [0.25, 0.3) is 0 Å². The Morgan fingerprint density at radius 3 is 2.14 bits per heavy atom. The second-order valence-corrected chi connectivity index (χ2v) is 11.6. The lowest BCUT2D eigenvalue weighted by molar-refractivity contribution is 1.18. The summed E-state index contributed by atoms with van der Waals surface area (Å²) in [4.78, 5) is 14.9. The maximum atomic E-state index is 5.24. The van der Waals surface area contributed by atoms with Gasteiger partial charge in [-0.15, -0.1) is 11.3 Å². The van der Waals surface area contributed by atoms with Crippen LogP contribution in [0, 0.1) is 0 Å². The van der Waals surface area contributed by atoms with Crippen molar-refractivity contribution in [3.8, 4) is 11.1 Å². The molecule has 0 saturated carbocycles. The van der Waals surface area contributed by atoms with Gasteiger partial charge in [-0.25, -0.2) is 9.98 Å². The average molecular weight is 571 g/mol. The lowest BCUT2D eigenvalue weighted by atomic mass is 10.0. The van der Waals surface area contributed by atoms with Gasteiger partial charge in [-0.1, -0.05) is 109 Å². The molecule has 0 fully saturated rings. The van der Waals surface area contributed by atoms with Crippen molar-refractivity contribution in [2.75, 3.05) is 0 Å². The number of aromatic nitrogens is 2. The highest BCUT2D eigenvalue weighted by atomic mass is 32.1. The minimum atomic E-state index is 0.583. The van der Waals surface area contributed by atoms with Crippen LogP contribution in [0.3, 0.4) is 0 Å². The summed E-state index contributed by atoms with van der Waals surface area (Å²) in [6.45, 7) is 2.05. The van der Waals surface area contributed by atoms with Gasteiger partial charge in [-0.3, -0.25) is 4.57 Å². The van der Waals surface area contributed by atoms with Gasteiger partial charge in [0.1, 0.15) is 0 Å². The molecule has 8 rings (SSSR count). The number of fused-ring (bicyclic) bond motifs is 7. The van der Waals surface area contributed by atoms with Gasteiger partial charge in [0.15, 0.2) is 5.82 Å². The Hall–Kier alpha value is -5.39. The van der Waals surface area contributed by atoms with Crippen LogP contribution in [0.5, 0.6) is 0 Å². The Labute approximate surface area is 252 Å². The molecule has 0 N–H and O–H groups in total. The number of hydrogen-bond acceptors (Lipinski definition) is 3. The first-order valence-corrected chi connectivity index (χ1v) is 15.1. The molecular weight excluding hydrogens is 545 g/mol. The minimum Gasteiger partial charge on any atom is -0.276 e. The zero-order chi connectivity index (χ0) is 28.8. The van der Waals surface area contributed by atoms with Crippen LogP contribution in [-0.2, 0) is 0 Å². The van der Waals surface area contributed by atoms with Crippen LogP contribution in [0.2, 0.25) is 0 Å². The van der Waals surface area contributed by atoms with Crippen LogP contribution >= 0.6 is 11.3 Å². The quantitative estimate of drug-likeness (QED) is 0.154. The molecule has 8 aromatic rings. The van der Waals surface area contributed by atoms with Crippen molar-refractivity contribution in [1.29, 1.82) is 0 Å². The summed E-state index contributed by atoms with van der Waals surface area (Å²) in [6.07, 6.45) is 1.77. The van der Waals surface area contributed by atoms with Crippen molar-refractivity contribution >= 4 is 70.8 Å². The number of para-hydroxylation sites is 1. The van der Waals surface area contributed by atoms with Crippen molar-refractivity contribution in [2.24, 2.45) is 9.98 Å². The number of pyridine rings is 1. The maximum Gasteiger partial charge on any atom is 0.236 e. The molecule has 3 heterocycles. The third-order valence-corrected chi connectivity index (χ3v) is 9.11. The van der Waals surface area contributed by atoms with E-state index in [1.165, 1.54) is 42.1 Å². The molecule has 4 nitrogen and oxygen atoms in total. The van der Waals surface area contributed by atoms with Crippen molar-refractivity contribution in [3.05, 3.63) is 145 Å². The first-order chi connectivity index (χ1) is 21.2. The van der Waals surface area contributed by atoms with Crippen LogP contribution in [0.15, 0.2) is 150 Å². The molecule has 0 aliphatic rings. The zero-order valence-corrected chi connectivity index (χ0v) is 24.3. The molecule has 0 amide bonds. The molecule has 0 unspecified atom stereocenters. The molecular formula is C38H26N4S. The number of thiophene rings is 1. The number of rotatable bonds is 3. The van der Waals surface area contributed by atoms with Crippen LogP contribution < -0.4 is 0 Å². The van der Waals surface area contributed by atoms with E-state index < -0.39 is 0 Å². The summed E-state index contributed by atoms with van der Waals surface area (Å²) in [5, 5.41) is 4.86. The first kappa shape index (κ1) is 25.3. The summed E-state index contributed by atoms with van der Waals surface area (Å²) in [7, 11) is 0. The third kappa shape index (κ3) is 4.42. The highest BCUT2D eigenvalue weighted by Crippen LogP contribution is 2.42. The molecule has 0 aliphatic carbocycles. The van der Waals surface area contributed by atoms with Gasteiger partial charge < -0.3 is 0 Å². The fourth-order valence-electron chi connectivity index (χ4n) is 5.83. The third-order valence-electron chi connectivity index (χ3n) is 7.92. The molecule has 5 aromatic carbocycles. The summed E-state index contributed by atoms with van der Waals surface area (Å²) >= 11 is 1.82. The van der Waals surface area contributed by atoms with Gasteiger partial charge in [0.05, 0.1) is 15.7 Å². The Balaban J connectivity index is 1.38.